The fourth-order valence-electron chi connectivity index (χ4n) is 4.90. The third-order valence-corrected chi connectivity index (χ3v) is 7.25. The van der Waals surface area contributed by atoms with Crippen LogP contribution in [0.1, 0.15) is 22.5 Å². The molecule has 0 bridgehead atoms. The van der Waals surface area contributed by atoms with Crippen LogP contribution in [-0.4, -0.2) is 21.7 Å². The quantitative estimate of drug-likeness (QED) is 0.223. The highest BCUT2D eigenvalue weighted by atomic mass is 32.1. The average Bonchev–Trinajstić information content (AvgIpc) is 3.64. The van der Waals surface area contributed by atoms with Crippen molar-refractivity contribution < 1.29 is 13.3 Å². The maximum absolute atomic E-state index is 13.5. The molecular formula is C31H27FN4O2S. The molecule has 1 N–H and O–H groups in total. The maximum atomic E-state index is 13.5. The van der Waals surface area contributed by atoms with E-state index in [4.69, 9.17) is 21.2 Å². The first-order valence-corrected chi connectivity index (χ1v) is 13.2. The predicted octanol–water partition coefficient (Wildman–Crippen LogP) is 7.04. The molecule has 2 aromatic heterocycles. The van der Waals surface area contributed by atoms with Crippen LogP contribution in [0.5, 0.6) is 0 Å². The molecule has 3 heterocycles. The fourth-order valence-corrected chi connectivity index (χ4v) is 5.15. The number of furan rings is 1. The summed E-state index contributed by atoms with van der Waals surface area (Å²) in [6.07, 6.45) is 2.58. The zero-order valence-corrected chi connectivity index (χ0v) is 22.0. The van der Waals surface area contributed by atoms with Gasteiger partial charge in [-0.15, -0.1) is 0 Å². The van der Waals surface area contributed by atoms with Gasteiger partial charge in [0, 0.05) is 24.3 Å². The van der Waals surface area contributed by atoms with E-state index in [0.29, 0.717) is 23.9 Å². The van der Waals surface area contributed by atoms with Crippen LogP contribution in [0.2, 0.25) is 0 Å². The molecule has 0 unspecified atom stereocenters. The summed E-state index contributed by atoms with van der Waals surface area (Å²) in [6.45, 7) is 2.42. The molecule has 5 aromatic rings. The number of anilines is 2. The van der Waals surface area contributed by atoms with Crippen molar-refractivity contribution in [1.29, 1.82) is 0 Å². The molecule has 8 heteroatoms. The molecule has 39 heavy (non-hydrogen) atoms. The summed E-state index contributed by atoms with van der Waals surface area (Å²) >= 11 is 5.86. The van der Waals surface area contributed by atoms with Crippen molar-refractivity contribution in [2.24, 2.45) is 0 Å². The second kappa shape index (κ2) is 11.1. The molecule has 0 atom stereocenters. The first-order chi connectivity index (χ1) is 19.1. The Morgan fingerprint density at radius 1 is 0.923 bits per heavy atom. The highest BCUT2D eigenvalue weighted by Crippen LogP contribution is 2.35. The molecule has 1 aliphatic heterocycles. The largest absolute Gasteiger partial charge is 0.467 e. The minimum absolute atomic E-state index is 0.302. The number of nitrogens with zero attached hydrogens (tertiary/aromatic N) is 3. The van der Waals surface area contributed by atoms with E-state index < -0.39 is 0 Å². The lowest BCUT2D eigenvalue weighted by Crippen LogP contribution is -2.35. The van der Waals surface area contributed by atoms with Crippen molar-refractivity contribution in [3.05, 3.63) is 126 Å². The van der Waals surface area contributed by atoms with Gasteiger partial charge in [-0.25, -0.2) is 4.39 Å². The van der Waals surface area contributed by atoms with Gasteiger partial charge in [0.1, 0.15) is 17.3 Å². The lowest BCUT2D eigenvalue weighted by atomic mass is 9.99. The van der Waals surface area contributed by atoms with Gasteiger partial charge in [0.05, 0.1) is 24.9 Å². The van der Waals surface area contributed by atoms with Crippen molar-refractivity contribution in [3.63, 3.8) is 0 Å². The molecule has 0 amide bonds. The Morgan fingerprint density at radius 3 is 2.46 bits per heavy atom. The van der Waals surface area contributed by atoms with Crippen molar-refractivity contribution in [3.8, 4) is 11.3 Å². The molecule has 0 aliphatic carbocycles. The summed E-state index contributed by atoms with van der Waals surface area (Å²) in [5.41, 5.74) is 6.03. The summed E-state index contributed by atoms with van der Waals surface area (Å²) in [6, 6.07) is 28.5. The van der Waals surface area contributed by atoms with Gasteiger partial charge in [0.2, 0.25) is 5.88 Å². The van der Waals surface area contributed by atoms with E-state index in [0.717, 1.165) is 48.0 Å². The first kappa shape index (κ1) is 24.9. The van der Waals surface area contributed by atoms with E-state index >= 15 is 0 Å². The number of thiocarbonyl (C=S) groups is 1. The monoisotopic (exact) mass is 538 g/mol. The molecule has 0 spiro atoms. The van der Waals surface area contributed by atoms with Gasteiger partial charge in [-0.05, 0) is 66.2 Å². The van der Waals surface area contributed by atoms with E-state index in [9.17, 15) is 4.39 Å². The lowest BCUT2D eigenvalue weighted by Gasteiger charge is -2.30. The Kier molecular flexibility index (Phi) is 7.10. The van der Waals surface area contributed by atoms with Gasteiger partial charge < -0.3 is 24.1 Å². The summed E-state index contributed by atoms with van der Waals surface area (Å²) in [5, 5.41) is 8.28. The number of aromatic nitrogens is 1. The van der Waals surface area contributed by atoms with Crippen LogP contribution in [-0.2, 0) is 26.1 Å². The van der Waals surface area contributed by atoms with Gasteiger partial charge in [0.15, 0.2) is 5.11 Å². The minimum atomic E-state index is -0.302. The standard InChI is InChI=1S/C31H27FN4O2S/c32-25-12-14-26(15-13-25)33-31(39)36(20-27-11-6-18-37-27)21-28-29(23-8-2-1-3-9-23)34-38-30(28)35-17-16-22-7-4-5-10-24(22)19-35/h1-15,18H,16-17,19-21H2,(H,33,39). The number of halogens is 1. The van der Waals surface area contributed by atoms with Crippen LogP contribution < -0.4 is 10.2 Å². The highest BCUT2D eigenvalue weighted by molar-refractivity contribution is 7.80. The molecule has 0 radical (unpaired) electrons. The molecule has 0 saturated carbocycles. The molecule has 1 aliphatic rings. The van der Waals surface area contributed by atoms with E-state index in [1.165, 1.54) is 23.3 Å². The van der Waals surface area contributed by atoms with Gasteiger partial charge in [-0.2, -0.15) is 0 Å². The smallest absolute Gasteiger partial charge is 0.233 e. The minimum Gasteiger partial charge on any atom is -0.467 e. The van der Waals surface area contributed by atoms with E-state index in [-0.39, 0.29) is 5.82 Å². The molecule has 3 aromatic carbocycles. The van der Waals surface area contributed by atoms with Gasteiger partial charge in [0.25, 0.3) is 0 Å². The summed E-state index contributed by atoms with van der Waals surface area (Å²) in [4.78, 5) is 4.26. The molecule has 6 nitrogen and oxygen atoms in total. The summed E-state index contributed by atoms with van der Waals surface area (Å²) in [7, 11) is 0. The number of hydrogen-bond donors (Lipinski definition) is 1. The first-order valence-electron chi connectivity index (χ1n) is 12.8. The van der Waals surface area contributed by atoms with Gasteiger partial charge >= 0.3 is 0 Å². The Labute approximate surface area is 231 Å². The Balaban J connectivity index is 1.36. The zero-order chi connectivity index (χ0) is 26.6. The third-order valence-electron chi connectivity index (χ3n) is 6.89. The third kappa shape index (κ3) is 5.56. The zero-order valence-electron chi connectivity index (χ0n) is 21.2. The maximum Gasteiger partial charge on any atom is 0.233 e. The Hall–Kier alpha value is -4.43. The van der Waals surface area contributed by atoms with Crippen LogP contribution in [0, 0.1) is 5.82 Å². The molecule has 6 rings (SSSR count). The molecule has 196 valence electrons. The van der Waals surface area contributed by atoms with Crippen molar-refractivity contribution in [2.75, 3.05) is 16.8 Å². The Bertz CT molecular complexity index is 1550. The predicted molar refractivity (Wildman–Crippen MR) is 154 cm³/mol. The molecule has 0 saturated heterocycles. The second-order valence-corrected chi connectivity index (χ2v) is 9.88. The average molecular weight is 539 g/mol. The van der Waals surface area contributed by atoms with Crippen LogP contribution in [0.4, 0.5) is 16.0 Å². The SMILES string of the molecule is Fc1ccc(NC(=S)N(Cc2ccco2)Cc2c(-c3ccccc3)noc2N2CCc3ccccc3C2)cc1. The highest BCUT2D eigenvalue weighted by Gasteiger charge is 2.28. The van der Waals surface area contributed by atoms with Crippen LogP contribution >= 0.6 is 12.2 Å². The van der Waals surface area contributed by atoms with Crippen LogP contribution in [0.15, 0.2) is 106 Å². The van der Waals surface area contributed by atoms with E-state index in [1.54, 1.807) is 18.4 Å². The topological polar surface area (TPSA) is 57.7 Å². The lowest BCUT2D eigenvalue weighted by molar-refractivity contribution is 0.357. The van der Waals surface area contributed by atoms with Crippen LogP contribution in [0.3, 0.4) is 0 Å². The van der Waals surface area contributed by atoms with Crippen molar-refractivity contribution in [1.82, 2.24) is 10.1 Å². The van der Waals surface area contributed by atoms with E-state index in [1.807, 2.05) is 47.4 Å². The fraction of sp³-hybridized carbons (Fsp3) is 0.161. The number of benzene rings is 3. The van der Waals surface area contributed by atoms with Crippen molar-refractivity contribution in [2.45, 2.75) is 26.1 Å². The molecular weight excluding hydrogens is 511 g/mol. The number of fused-ring (bicyclic) bond motifs is 1. The van der Waals surface area contributed by atoms with Crippen LogP contribution in [0.25, 0.3) is 11.3 Å². The normalized spacial score (nSPS) is 12.7. The van der Waals surface area contributed by atoms with Gasteiger partial charge in [-0.1, -0.05) is 59.8 Å². The number of hydrogen-bond acceptors (Lipinski definition) is 5. The number of nitrogens with one attached hydrogen (secondary N) is 1. The van der Waals surface area contributed by atoms with Crippen molar-refractivity contribution >= 4 is 28.9 Å². The van der Waals surface area contributed by atoms with E-state index in [2.05, 4.69) is 39.6 Å². The van der Waals surface area contributed by atoms with Gasteiger partial charge in [-0.3, -0.25) is 0 Å². The second-order valence-electron chi connectivity index (χ2n) is 9.49. The molecule has 0 fully saturated rings. The Morgan fingerprint density at radius 2 is 1.69 bits per heavy atom. The number of rotatable bonds is 7. The summed E-state index contributed by atoms with van der Waals surface area (Å²) < 4.78 is 25.2. The summed E-state index contributed by atoms with van der Waals surface area (Å²) in [5.74, 6) is 1.20.